The highest BCUT2D eigenvalue weighted by molar-refractivity contribution is 5.40. The lowest BCUT2D eigenvalue weighted by Gasteiger charge is -2.10. The van der Waals surface area contributed by atoms with E-state index in [2.05, 4.69) is 17.4 Å². The summed E-state index contributed by atoms with van der Waals surface area (Å²) in [5.74, 6) is 1.64. The number of aryl methyl sites for hydroxylation is 1. The molecule has 0 fully saturated rings. The fraction of sp³-hybridized carbons (Fsp3) is 0.250. The average Bonchev–Trinajstić information content (AvgIpc) is 2.43. The van der Waals surface area contributed by atoms with Gasteiger partial charge in [-0.15, -0.1) is 0 Å². The van der Waals surface area contributed by atoms with Crippen LogP contribution >= 0.6 is 0 Å². The van der Waals surface area contributed by atoms with Gasteiger partial charge in [-0.2, -0.15) is 0 Å². The molecule has 2 N–H and O–H groups in total. The van der Waals surface area contributed by atoms with Crippen molar-refractivity contribution in [1.82, 2.24) is 5.32 Å². The molecule has 3 heteroatoms. The number of hydrogen-bond donors (Lipinski definition) is 2. The molecule has 0 spiro atoms. The second-order valence-corrected chi connectivity index (χ2v) is 4.53. The van der Waals surface area contributed by atoms with Crippen molar-refractivity contribution >= 4 is 0 Å². The van der Waals surface area contributed by atoms with Gasteiger partial charge in [0.25, 0.3) is 0 Å². The Morgan fingerprint density at radius 3 is 2.32 bits per heavy atom. The van der Waals surface area contributed by atoms with E-state index in [1.165, 1.54) is 5.56 Å². The maximum Gasteiger partial charge on any atom is 0.130 e. The molecule has 0 amide bonds. The number of benzene rings is 2. The number of ether oxygens (including phenoxy) is 1. The van der Waals surface area contributed by atoms with Gasteiger partial charge in [0.1, 0.15) is 11.5 Å². The Labute approximate surface area is 113 Å². The van der Waals surface area contributed by atoms with E-state index in [1.54, 1.807) is 0 Å². The number of aliphatic hydroxyl groups excluding tert-OH is 1. The molecule has 100 valence electrons. The number of nitrogens with one attached hydrogen (secondary N) is 1. The topological polar surface area (TPSA) is 41.5 Å². The number of rotatable bonds is 5. The van der Waals surface area contributed by atoms with Gasteiger partial charge in [0.2, 0.25) is 0 Å². The predicted molar refractivity (Wildman–Crippen MR) is 76.4 cm³/mol. The van der Waals surface area contributed by atoms with E-state index in [0.717, 1.165) is 29.2 Å². The van der Waals surface area contributed by atoms with Gasteiger partial charge in [0, 0.05) is 6.54 Å². The van der Waals surface area contributed by atoms with Crippen molar-refractivity contribution in [2.75, 3.05) is 7.05 Å². The Morgan fingerprint density at radius 1 is 1.05 bits per heavy atom. The third kappa shape index (κ3) is 3.56. The average molecular weight is 257 g/mol. The van der Waals surface area contributed by atoms with Crippen molar-refractivity contribution < 1.29 is 9.84 Å². The van der Waals surface area contributed by atoms with Crippen LogP contribution in [-0.4, -0.2) is 12.2 Å². The third-order valence-corrected chi connectivity index (χ3v) is 2.95. The molecule has 0 bridgehead atoms. The third-order valence-electron chi connectivity index (χ3n) is 2.95. The molecule has 0 unspecified atom stereocenters. The molecule has 19 heavy (non-hydrogen) atoms. The van der Waals surface area contributed by atoms with E-state index in [4.69, 9.17) is 9.84 Å². The Hall–Kier alpha value is -1.84. The number of hydrogen-bond acceptors (Lipinski definition) is 3. The van der Waals surface area contributed by atoms with Crippen LogP contribution in [0.2, 0.25) is 0 Å². The summed E-state index contributed by atoms with van der Waals surface area (Å²) in [6.45, 7) is 2.95. The predicted octanol–water partition coefficient (Wildman–Crippen LogP) is 3.00. The first-order valence-electron chi connectivity index (χ1n) is 6.34. The molecule has 0 aliphatic carbocycles. The Kier molecular flexibility index (Phi) is 4.55. The van der Waals surface area contributed by atoms with Crippen LogP contribution in [0.3, 0.4) is 0 Å². The molecule has 0 saturated heterocycles. The summed E-state index contributed by atoms with van der Waals surface area (Å²) in [6, 6.07) is 13.6. The first kappa shape index (κ1) is 13.6. The Balaban J connectivity index is 2.13. The first-order valence-corrected chi connectivity index (χ1v) is 6.34. The van der Waals surface area contributed by atoms with Crippen LogP contribution in [0, 0.1) is 6.92 Å². The van der Waals surface area contributed by atoms with Gasteiger partial charge in [-0.25, -0.2) is 0 Å². The quantitative estimate of drug-likeness (QED) is 0.865. The molecule has 0 aliphatic rings. The molecule has 0 heterocycles. The second kappa shape index (κ2) is 6.36. The summed E-state index contributed by atoms with van der Waals surface area (Å²) in [5.41, 5.74) is 3.23. The number of aliphatic hydroxyl groups is 1. The van der Waals surface area contributed by atoms with Gasteiger partial charge in [-0.3, -0.25) is 0 Å². The molecule has 0 aliphatic heterocycles. The van der Waals surface area contributed by atoms with Gasteiger partial charge < -0.3 is 15.2 Å². The van der Waals surface area contributed by atoms with E-state index in [0.29, 0.717) is 0 Å². The minimum atomic E-state index is 0.0536. The van der Waals surface area contributed by atoms with Crippen LogP contribution in [0.25, 0.3) is 0 Å². The van der Waals surface area contributed by atoms with Crippen LogP contribution in [0.15, 0.2) is 42.5 Å². The smallest absolute Gasteiger partial charge is 0.130 e. The minimum Gasteiger partial charge on any atom is -0.457 e. The SMILES string of the molecule is CNCc1ccc(Oc2ccc(CO)cc2)c(C)c1. The first-order chi connectivity index (χ1) is 9.22. The Bertz CT molecular complexity index is 535. The highest BCUT2D eigenvalue weighted by Crippen LogP contribution is 2.26. The summed E-state index contributed by atoms with van der Waals surface area (Å²) in [5, 5.41) is 12.1. The monoisotopic (exact) mass is 257 g/mol. The summed E-state index contributed by atoms with van der Waals surface area (Å²) < 4.78 is 5.84. The van der Waals surface area contributed by atoms with E-state index in [1.807, 2.05) is 44.3 Å². The van der Waals surface area contributed by atoms with Crippen LogP contribution in [0.1, 0.15) is 16.7 Å². The van der Waals surface area contributed by atoms with Crippen molar-refractivity contribution in [3.63, 3.8) is 0 Å². The highest BCUT2D eigenvalue weighted by atomic mass is 16.5. The molecule has 2 aromatic carbocycles. The lowest BCUT2D eigenvalue weighted by molar-refractivity contribution is 0.281. The second-order valence-electron chi connectivity index (χ2n) is 4.53. The van der Waals surface area contributed by atoms with Gasteiger partial charge in [0.15, 0.2) is 0 Å². The van der Waals surface area contributed by atoms with Gasteiger partial charge >= 0.3 is 0 Å². The minimum absolute atomic E-state index is 0.0536. The van der Waals surface area contributed by atoms with Gasteiger partial charge in [0.05, 0.1) is 6.61 Å². The van der Waals surface area contributed by atoms with E-state index in [-0.39, 0.29) is 6.61 Å². The maximum atomic E-state index is 9.00. The van der Waals surface area contributed by atoms with Crippen molar-refractivity contribution in [2.45, 2.75) is 20.1 Å². The zero-order valence-electron chi connectivity index (χ0n) is 11.3. The molecule has 0 atom stereocenters. The fourth-order valence-electron chi connectivity index (χ4n) is 1.93. The molecule has 0 aromatic heterocycles. The fourth-order valence-corrected chi connectivity index (χ4v) is 1.93. The van der Waals surface area contributed by atoms with Crippen molar-refractivity contribution in [2.24, 2.45) is 0 Å². The van der Waals surface area contributed by atoms with Gasteiger partial charge in [-0.05, 0) is 48.9 Å². The van der Waals surface area contributed by atoms with Crippen LogP contribution in [0.4, 0.5) is 0 Å². The molecule has 2 aromatic rings. The van der Waals surface area contributed by atoms with E-state index < -0.39 is 0 Å². The zero-order valence-corrected chi connectivity index (χ0v) is 11.3. The van der Waals surface area contributed by atoms with Crippen molar-refractivity contribution in [3.8, 4) is 11.5 Å². The largest absolute Gasteiger partial charge is 0.457 e. The summed E-state index contributed by atoms with van der Waals surface area (Å²) in [7, 11) is 1.93. The standard InChI is InChI=1S/C16H19NO2/c1-12-9-14(10-17-2)5-8-16(12)19-15-6-3-13(11-18)4-7-15/h3-9,17-18H,10-11H2,1-2H3. The normalized spacial score (nSPS) is 10.5. The summed E-state index contributed by atoms with van der Waals surface area (Å²) in [4.78, 5) is 0. The molecular weight excluding hydrogens is 238 g/mol. The maximum absolute atomic E-state index is 9.00. The van der Waals surface area contributed by atoms with Crippen LogP contribution in [-0.2, 0) is 13.2 Å². The van der Waals surface area contributed by atoms with Gasteiger partial charge in [-0.1, -0.05) is 24.3 Å². The van der Waals surface area contributed by atoms with E-state index >= 15 is 0 Å². The Morgan fingerprint density at radius 2 is 1.74 bits per heavy atom. The zero-order chi connectivity index (χ0) is 13.7. The van der Waals surface area contributed by atoms with E-state index in [9.17, 15) is 0 Å². The lowest BCUT2D eigenvalue weighted by Crippen LogP contribution is -2.05. The lowest BCUT2D eigenvalue weighted by atomic mass is 10.1. The van der Waals surface area contributed by atoms with Crippen molar-refractivity contribution in [1.29, 1.82) is 0 Å². The van der Waals surface area contributed by atoms with Crippen molar-refractivity contribution in [3.05, 3.63) is 59.2 Å². The molecule has 3 nitrogen and oxygen atoms in total. The van der Waals surface area contributed by atoms with Crippen LogP contribution < -0.4 is 10.1 Å². The molecule has 0 saturated carbocycles. The molecular formula is C16H19NO2. The molecule has 2 rings (SSSR count). The molecule has 0 radical (unpaired) electrons. The summed E-state index contributed by atoms with van der Waals surface area (Å²) >= 11 is 0. The van der Waals surface area contributed by atoms with Crippen LogP contribution in [0.5, 0.6) is 11.5 Å². The summed E-state index contributed by atoms with van der Waals surface area (Å²) in [6.07, 6.45) is 0. The highest BCUT2D eigenvalue weighted by Gasteiger charge is 2.03.